The van der Waals surface area contributed by atoms with E-state index in [1.807, 2.05) is 13.8 Å². The van der Waals surface area contributed by atoms with Crippen molar-refractivity contribution in [2.24, 2.45) is 0 Å². The molecule has 3 heterocycles. The molecule has 2 N–H and O–H groups in total. The van der Waals surface area contributed by atoms with Crippen molar-refractivity contribution in [3.63, 3.8) is 0 Å². The molecule has 3 aromatic rings. The van der Waals surface area contributed by atoms with E-state index in [0.717, 1.165) is 0 Å². The molecule has 3 rings (SSSR count). The molecule has 0 aliphatic heterocycles. The molecule has 1 amide bonds. The fourth-order valence-corrected chi connectivity index (χ4v) is 2.51. The number of halogens is 1. The van der Waals surface area contributed by atoms with Crippen molar-refractivity contribution in [2.75, 3.05) is 18.8 Å². The maximum Gasteiger partial charge on any atom is 0.254 e. The molecular formula is C15H16ClN5O2. The SMILES string of the molecule is CCN(CC)C(=O)c1cc(N)n2nc(-c3ccc(Cl)o3)nc2c1. The van der Waals surface area contributed by atoms with Gasteiger partial charge in [-0.2, -0.15) is 4.52 Å². The van der Waals surface area contributed by atoms with Gasteiger partial charge in [-0.1, -0.05) is 0 Å². The Hall–Kier alpha value is -2.54. The minimum absolute atomic E-state index is 0.0882. The summed E-state index contributed by atoms with van der Waals surface area (Å²) >= 11 is 5.77. The Bertz CT molecular complexity index is 866. The van der Waals surface area contributed by atoms with Crippen LogP contribution in [0.1, 0.15) is 24.2 Å². The van der Waals surface area contributed by atoms with Crippen LogP contribution < -0.4 is 5.73 Å². The molecule has 0 saturated carbocycles. The number of hydrogen-bond donors (Lipinski definition) is 1. The Morgan fingerprint density at radius 2 is 2.09 bits per heavy atom. The molecule has 0 aliphatic carbocycles. The van der Waals surface area contributed by atoms with Crippen molar-refractivity contribution >= 4 is 29.0 Å². The zero-order valence-corrected chi connectivity index (χ0v) is 13.5. The zero-order valence-electron chi connectivity index (χ0n) is 12.8. The highest BCUT2D eigenvalue weighted by atomic mass is 35.5. The first kappa shape index (κ1) is 15.4. The van der Waals surface area contributed by atoms with Crippen LogP contribution in [-0.4, -0.2) is 38.5 Å². The van der Waals surface area contributed by atoms with Crippen LogP contribution in [0.25, 0.3) is 17.2 Å². The lowest BCUT2D eigenvalue weighted by Crippen LogP contribution is -2.30. The molecule has 0 radical (unpaired) electrons. The van der Waals surface area contributed by atoms with Crippen LogP contribution >= 0.6 is 11.6 Å². The van der Waals surface area contributed by atoms with E-state index in [-0.39, 0.29) is 11.1 Å². The number of hydrogen-bond acceptors (Lipinski definition) is 5. The van der Waals surface area contributed by atoms with Gasteiger partial charge in [-0.25, -0.2) is 4.98 Å². The second-order valence-corrected chi connectivity index (χ2v) is 5.33. The fraction of sp³-hybridized carbons (Fsp3) is 0.267. The van der Waals surface area contributed by atoms with Crippen LogP contribution in [0.3, 0.4) is 0 Å². The third-order valence-corrected chi connectivity index (χ3v) is 3.76. The van der Waals surface area contributed by atoms with Crippen molar-refractivity contribution in [3.05, 3.63) is 35.0 Å². The van der Waals surface area contributed by atoms with Crippen LogP contribution in [0.4, 0.5) is 5.82 Å². The lowest BCUT2D eigenvalue weighted by molar-refractivity contribution is 0.0773. The summed E-state index contributed by atoms with van der Waals surface area (Å²) in [5, 5.41) is 4.54. The summed E-state index contributed by atoms with van der Waals surface area (Å²) in [6.45, 7) is 5.12. The van der Waals surface area contributed by atoms with Gasteiger partial charge >= 0.3 is 0 Å². The molecule has 23 heavy (non-hydrogen) atoms. The molecule has 0 aliphatic rings. The summed E-state index contributed by atoms with van der Waals surface area (Å²) in [7, 11) is 0. The number of pyridine rings is 1. The van der Waals surface area contributed by atoms with Crippen LogP contribution in [-0.2, 0) is 0 Å². The highest BCUT2D eigenvalue weighted by Crippen LogP contribution is 2.23. The molecule has 0 atom stereocenters. The first-order chi connectivity index (χ1) is 11.0. The second-order valence-electron chi connectivity index (χ2n) is 4.96. The third-order valence-electron chi connectivity index (χ3n) is 3.56. The van der Waals surface area contributed by atoms with E-state index in [9.17, 15) is 4.79 Å². The minimum Gasteiger partial charge on any atom is -0.441 e. The van der Waals surface area contributed by atoms with Crippen molar-refractivity contribution in [1.29, 1.82) is 0 Å². The molecule has 0 bridgehead atoms. The Morgan fingerprint density at radius 1 is 1.35 bits per heavy atom. The third kappa shape index (κ3) is 2.75. The molecule has 0 spiro atoms. The van der Waals surface area contributed by atoms with Crippen molar-refractivity contribution in [2.45, 2.75) is 13.8 Å². The second kappa shape index (κ2) is 5.92. The van der Waals surface area contributed by atoms with Crippen molar-refractivity contribution in [1.82, 2.24) is 19.5 Å². The molecule has 8 heteroatoms. The first-order valence-electron chi connectivity index (χ1n) is 7.24. The number of fused-ring (bicyclic) bond motifs is 1. The van der Waals surface area contributed by atoms with Gasteiger partial charge in [0, 0.05) is 18.7 Å². The average molecular weight is 334 g/mol. The summed E-state index contributed by atoms with van der Waals surface area (Å²) < 4.78 is 6.76. The van der Waals surface area contributed by atoms with Gasteiger partial charge in [0.15, 0.2) is 16.6 Å². The molecule has 120 valence electrons. The molecule has 0 aromatic carbocycles. The van der Waals surface area contributed by atoms with Gasteiger partial charge in [0.2, 0.25) is 5.82 Å². The summed E-state index contributed by atoms with van der Waals surface area (Å²) in [6.07, 6.45) is 0. The number of nitrogens with two attached hydrogens (primary N) is 1. The zero-order chi connectivity index (χ0) is 16.6. The highest BCUT2D eigenvalue weighted by molar-refractivity contribution is 6.28. The predicted molar refractivity (Wildman–Crippen MR) is 87.4 cm³/mol. The van der Waals surface area contributed by atoms with E-state index in [1.54, 1.807) is 29.2 Å². The molecule has 7 nitrogen and oxygen atoms in total. The number of carbonyl (C=O) groups is 1. The van der Waals surface area contributed by atoms with Crippen LogP contribution in [0, 0.1) is 0 Å². The van der Waals surface area contributed by atoms with E-state index < -0.39 is 0 Å². The van der Waals surface area contributed by atoms with Crippen molar-refractivity contribution < 1.29 is 9.21 Å². The van der Waals surface area contributed by atoms with E-state index in [2.05, 4.69) is 10.1 Å². The number of anilines is 1. The van der Waals surface area contributed by atoms with Gasteiger partial charge in [0.25, 0.3) is 5.91 Å². The summed E-state index contributed by atoms with van der Waals surface area (Å²) in [6, 6.07) is 6.55. The number of carbonyl (C=O) groups excluding carboxylic acids is 1. The fourth-order valence-electron chi connectivity index (χ4n) is 2.36. The highest BCUT2D eigenvalue weighted by Gasteiger charge is 2.17. The normalized spacial score (nSPS) is 11.1. The number of nitrogen functional groups attached to an aromatic ring is 1. The minimum atomic E-state index is -0.0882. The Labute approximate surface area is 137 Å². The molecule has 0 fully saturated rings. The van der Waals surface area contributed by atoms with Crippen LogP contribution in [0.2, 0.25) is 5.22 Å². The standard InChI is InChI=1S/C15H16ClN5O2/c1-3-20(4-2)15(22)9-7-12(17)21-13(8-9)18-14(19-21)10-5-6-11(16)23-10/h5-8H,3-4,17H2,1-2H3. The molecular weight excluding hydrogens is 318 g/mol. The quantitative estimate of drug-likeness (QED) is 0.792. The topological polar surface area (TPSA) is 89.7 Å². The Balaban J connectivity index is 2.06. The smallest absolute Gasteiger partial charge is 0.254 e. The van der Waals surface area contributed by atoms with E-state index in [0.29, 0.717) is 41.7 Å². The van der Waals surface area contributed by atoms with Gasteiger partial charge in [-0.05, 0) is 49.7 Å². The van der Waals surface area contributed by atoms with Crippen LogP contribution in [0.5, 0.6) is 0 Å². The van der Waals surface area contributed by atoms with Gasteiger partial charge in [-0.15, -0.1) is 5.10 Å². The van der Waals surface area contributed by atoms with Gasteiger partial charge in [0.05, 0.1) is 0 Å². The predicted octanol–water partition coefficient (Wildman–Crippen LogP) is 2.71. The lowest BCUT2D eigenvalue weighted by Gasteiger charge is -2.18. The average Bonchev–Trinajstić information content (AvgIpc) is 3.14. The van der Waals surface area contributed by atoms with E-state index in [1.165, 1.54) is 4.52 Å². The maximum absolute atomic E-state index is 12.5. The molecule has 0 unspecified atom stereocenters. The Morgan fingerprint density at radius 3 is 2.70 bits per heavy atom. The number of furan rings is 1. The van der Waals surface area contributed by atoms with Gasteiger partial charge < -0.3 is 15.1 Å². The largest absolute Gasteiger partial charge is 0.441 e. The Kier molecular flexibility index (Phi) is 3.96. The van der Waals surface area contributed by atoms with Gasteiger partial charge in [-0.3, -0.25) is 4.79 Å². The van der Waals surface area contributed by atoms with E-state index in [4.69, 9.17) is 21.8 Å². The number of amides is 1. The number of nitrogens with zero attached hydrogens (tertiary/aromatic N) is 4. The lowest BCUT2D eigenvalue weighted by atomic mass is 10.2. The number of rotatable bonds is 4. The summed E-state index contributed by atoms with van der Waals surface area (Å²) in [5.41, 5.74) is 6.96. The molecule has 0 saturated heterocycles. The molecule has 3 aromatic heterocycles. The van der Waals surface area contributed by atoms with E-state index >= 15 is 0 Å². The first-order valence-corrected chi connectivity index (χ1v) is 7.62. The monoisotopic (exact) mass is 333 g/mol. The van der Waals surface area contributed by atoms with Gasteiger partial charge in [0.1, 0.15) is 5.82 Å². The van der Waals surface area contributed by atoms with Crippen LogP contribution in [0.15, 0.2) is 28.7 Å². The summed E-state index contributed by atoms with van der Waals surface area (Å²) in [5.74, 6) is 1.04. The van der Waals surface area contributed by atoms with Crippen molar-refractivity contribution in [3.8, 4) is 11.6 Å². The maximum atomic E-state index is 12.5. The number of aromatic nitrogens is 3. The summed E-state index contributed by atoms with van der Waals surface area (Å²) in [4.78, 5) is 18.5.